The number of rotatable bonds is 54. The van der Waals surface area contributed by atoms with E-state index in [-0.39, 0.29) is 18.5 Å². The van der Waals surface area contributed by atoms with Crippen LogP contribution in [0.4, 0.5) is 0 Å². The second-order valence-electron chi connectivity index (χ2n) is 20.0. The maximum atomic E-state index is 12.5. The van der Waals surface area contributed by atoms with Crippen LogP contribution in [0, 0.1) is 0 Å². The van der Waals surface area contributed by atoms with Crippen molar-refractivity contribution in [3.63, 3.8) is 0 Å². The lowest BCUT2D eigenvalue weighted by molar-refractivity contribution is -0.143. The van der Waals surface area contributed by atoms with Crippen LogP contribution in [0.5, 0.6) is 0 Å². The summed E-state index contributed by atoms with van der Waals surface area (Å²) in [5.41, 5.74) is 0. The highest BCUT2D eigenvalue weighted by atomic mass is 16.5. The lowest BCUT2D eigenvalue weighted by Crippen LogP contribution is -2.45. The Labute approximate surface area is 405 Å². The molecule has 1 amide bonds. The smallest absolute Gasteiger partial charge is 0.305 e. The van der Waals surface area contributed by atoms with Gasteiger partial charge in [-0.25, -0.2) is 0 Å². The Balaban J connectivity index is 3.46. The maximum absolute atomic E-state index is 12.5. The highest BCUT2D eigenvalue weighted by Crippen LogP contribution is 2.18. The van der Waals surface area contributed by atoms with Crippen LogP contribution in [0.15, 0.2) is 24.3 Å². The zero-order valence-corrected chi connectivity index (χ0v) is 43.7. The quantitative estimate of drug-likeness (QED) is 0.0321. The van der Waals surface area contributed by atoms with Gasteiger partial charge < -0.3 is 20.3 Å². The van der Waals surface area contributed by atoms with Crippen molar-refractivity contribution >= 4 is 11.9 Å². The second kappa shape index (κ2) is 54.9. The number of carbonyl (C=O) groups is 2. The minimum atomic E-state index is -0.678. The van der Waals surface area contributed by atoms with Gasteiger partial charge in [0.1, 0.15) is 0 Å². The molecule has 0 fully saturated rings. The molecule has 0 saturated carbocycles. The number of ether oxygens (including phenoxy) is 1. The molecule has 2 atom stereocenters. The first-order valence-corrected chi connectivity index (χ1v) is 29.1. The number of carbonyl (C=O) groups excluding carboxylic acids is 2. The summed E-state index contributed by atoms with van der Waals surface area (Å²) in [5.74, 6) is -0.0799. The monoisotopic (exact) mass is 916 g/mol. The van der Waals surface area contributed by atoms with Crippen molar-refractivity contribution in [2.24, 2.45) is 0 Å². The molecule has 0 aliphatic heterocycles. The average molecular weight is 917 g/mol. The van der Waals surface area contributed by atoms with E-state index in [2.05, 4.69) is 43.5 Å². The molecule has 0 aliphatic carbocycles. The highest BCUT2D eigenvalue weighted by Gasteiger charge is 2.20. The largest absolute Gasteiger partial charge is 0.466 e. The van der Waals surface area contributed by atoms with E-state index in [9.17, 15) is 19.8 Å². The van der Waals surface area contributed by atoms with Crippen LogP contribution in [-0.4, -0.2) is 47.4 Å². The van der Waals surface area contributed by atoms with Crippen LogP contribution in [0.25, 0.3) is 0 Å². The summed E-state index contributed by atoms with van der Waals surface area (Å²) in [5, 5.41) is 23.3. The van der Waals surface area contributed by atoms with Crippen LogP contribution in [0.1, 0.15) is 316 Å². The molecule has 0 radical (unpaired) electrons. The number of unbranched alkanes of at least 4 members (excludes halogenated alkanes) is 39. The first-order chi connectivity index (χ1) is 32.0. The Hall–Kier alpha value is -1.66. The van der Waals surface area contributed by atoms with Gasteiger partial charge in [-0.15, -0.1) is 0 Å². The van der Waals surface area contributed by atoms with E-state index in [0.29, 0.717) is 25.9 Å². The summed E-state index contributed by atoms with van der Waals surface area (Å²) >= 11 is 0. The molecule has 0 heterocycles. The van der Waals surface area contributed by atoms with Gasteiger partial charge in [-0.3, -0.25) is 9.59 Å². The summed E-state index contributed by atoms with van der Waals surface area (Å²) in [7, 11) is 0. The lowest BCUT2D eigenvalue weighted by atomic mass is 10.0. The predicted octanol–water partition coefficient (Wildman–Crippen LogP) is 17.9. The summed E-state index contributed by atoms with van der Waals surface area (Å²) < 4.78 is 5.45. The Bertz CT molecular complexity index is 1010. The van der Waals surface area contributed by atoms with Gasteiger partial charge in [0.25, 0.3) is 0 Å². The molecule has 0 saturated heterocycles. The van der Waals surface area contributed by atoms with Crippen molar-refractivity contribution in [3.8, 4) is 0 Å². The third-order valence-electron chi connectivity index (χ3n) is 13.5. The van der Waals surface area contributed by atoms with E-state index in [1.807, 2.05) is 0 Å². The first-order valence-electron chi connectivity index (χ1n) is 29.1. The number of amides is 1. The molecular formula is C59H113NO5. The fourth-order valence-electron chi connectivity index (χ4n) is 9.03. The van der Waals surface area contributed by atoms with Crippen LogP contribution in [0.2, 0.25) is 0 Å². The Morgan fingerprint density at radius 2 is 0.800 bits per heavy atom. The van der Waals surface area contributed by atoms with Gasteiger partial charge in [0.2, 0.25) is 5.91 Å². The van der Waals surface area contributed by atoms with Gasteiger partial charge in [-0.2, -0.15) is 0 Å². The highest BCUT2D eigenvalue weighted by molar-refractivity contribution is 5.76. The number of hydrogen-bond donors (Lipinski definition) is 3. The van der Waals surface area contributed by atoms with Gasteiger partial charge in [-0.1, -0.05) is 276 Å². The number of aliphatic hydroxyl groups is 2. The third kappa shape index (κ3) is 51.6. The molecule has 6 nitrogen and oxygen atoms in total. The van der Waals surface area contributed by atoms with Crippen molar-refractivity contribution in [2.75, 3.05) is 13.2 Å². The van der Waals surface area contributed by atoms with Crippen molar-refractivity contribution in [2.45, 2.75) is 328 Å². The number of aliphatic hydroxyl groups excluding tert-OH is 2. The topological polar surface area (TPSA) is 95.9 Å². The van der Waals surface area contributed by atoms with Crippen molar-refractivity contribution < 1.29 is 24.5 Å². The van der Waals surface area contributed by atoms with Gasteiger partial charge in [0, 0.05) is 12.8 Å². The zero-order chi connectivity index (χ0) is 47.2. The van der Waals surface area contributed by atoms with E-state index in [4.69, 9.17) is 4.74 Å². The molecule has 2 unspecified atom stereocenters. The van der Waals surface area contributed by atoms with E-state index in [0.717, 1.165) is 70.6 Å². The van der Waals surface area contributed by atoms with Crippen molar-refractivity contribution in [1.29, 1.82) is 0 Å². The first kappa shape index (κ1) is 63.3. The fraction of sp³-hybridized carbons (Fsp3) is 0.898. The van der Waals surface area contributed by atoms with Crippen LogP contribution >= 0.6 is 0 Å². The van der Waals surface area contributed by atoms with E-state index < -0.39 is 12.1 Å². The van der Waals surface area contributed by atoms with Crippen molar-refractivity contribution in [3.05, 3.63) is 24.3 Å². The van der Waals surface area contributed by atoms with E-state index in [1.54, 1.807) is 0 Å². The Kier molecular flexibility index (Phi) is 53.5. The maximum Gasteiger partial charge on any atom is 0.305 e. The molecule has 3 N–H and O–H groups in total. The molecule has 0 aromatic heterocycles. The molecule has 0 spiro atoms. The number of allylic oxidation sites excluding steroid dienone is 4. The minimum absolute atomic E-state index is 0.0280. The standard InChI is InChI=1S/C59H113NO5/c1-3-5-7-9-11-13-15-17-18-19-20-21-22-23-24-25-26-27-29-31-35-39-43-47-51-57(62)56(55-61)60-58(63)52-48-44-40-36-32-30-34-38-42-46-50-54-65-59(64)53-49-45-41-37-33-28-16-14-12-10-8-6-4-2/h8,10,14,16,56-57,61-62H,3-7,9,11-13,15,17-55H2,1-2H3,(H,60,63)/b10-8-,16-14-. The fourth-order valence-corrected chi connectivity index (χ4v) is 9.03. The molecule has 6 heteroatoms. The Morgan fingerprint density at radius 3 is 1.23 bits per heavy atom. The van der Waals surface area contributed by atoms with Crippen LogP contribution < -0.4 is 5.32 Å². The molecule has 384 valence electrons. The molecular weight excluding hydrogens is 803 g/mol. The van der Waals surface area contributed by atoms with Gasteiger partial charge >= 0.3 is 5.97 Å². The van der Waals surface area contributed by atoms with Crippen molar-refractivity contribution in [1.82, 2.24) is 5.32 Å². The summed E-state index contributed by atoms with van der Waals surface area (Å²) in [6, 6.07) is -0.557. The van der Waals surface area contributed by atoms with E-state index >= 15 is 0 Å². The summed E-state index contributed by atoms with van der Waals surface area (Å²) in [6.45, 7) is 4.86. The lowest BCUT2D eigenvalue weighted by Gasteiger charge is -2.22. The van der Waals surface area contributed by atoms with Gasteiger partial charge in [0.05, 0.1) is 25.4 Å². The Morgan fingerprint density at radius 1 is 0.431 bits per heavy atom. The SMILES string of the molecule is CCC/C=C\C/C=C\CCCCCCCC(=O)OCCCCCCCCCCCCCC(=O)NC(CO)C(O)CCCCCCCCCCCCCCCCCCCCCCCCCC. The molecule has 0 rings (SSSR count). The molecule has 0 bridgehead atoms. The zero-order valence-electron chi connectivity index (χ0n) is 43.7. The third-order valence-corrected chi connectivity index (χ3v) is 13.5. The number of esters is 1. The minimum Gasteiger partial charge on any atom is -0.466 e. The molecule has 0 aromatic rings. The van der Waals surface area contributed by atoms with Crippen LogP contribution in [0.3, 0.4) is 0 Å². The van der Waals surface area contributed by atoms with Gasteiger partial charge in [0.15, 0.2) is 0 Å². The summed E-state index contributed by atoms with van der Waals surface area (Å²) in [6.07, 6.45) is 66.0. The number of hydrogen-bond acceptors (Lipinski definition) is 5. The molecule has 65 heavy (non-hydrogen) atoms. The predicted molar refractivity (Wildman–Crippen MR) is 283 cm³/mol. The average Bonchev–Trinajstić information content (AvgIpc) is 3.31. The molecule has 0 aromatic carbocycles. The van der Waals surface area contributed by atoms with E-state index in [1.165, 1.54) is 212 Å². The second-order valence-corrected chi connectivity index (χ2v) is 20.0. The number of nitrogens with one attached hydrogen (secondary N) is 1. The molecule has 0 aliphatic rings. The summed E-state index contributed by atoms with van der Waals surface area (Å²) in [4.78, 5) is 24.5. The normalized spacial score (nSPS) is 12.7. The van der Waals surface area contributed by atoms with Crippen LogP contribution in [-0.2, 0) is 14.3 Å². The van der Waals surface area contributed by atoms with Gasteiger partial charge in [-0.05, 0) is 51.4 Å².